The highest BCUT2D eigenvalue weighted by Gasteiger charge is 2.21. The van der Waals surface area contributed by atoms with Crippen molar-refractivity contribution in [3.05, 3.63) is 65.0 Å². The molecule has 1 amide bonds. The maximum Gasteiger partial charge on any atom is 0.253 e. The zero-order valence-electron chi connectivity index (χ0n) is 16.9. The summed E-state index contributed by atoms with van der Waals surface area (Å²) >= 11 is 0. The standard InChI is InChI=1S/C25H27N3O/c1-2-16-11-19(17-5-3-4-6-17)13-20(12-16)23-14-18(7-9-26-23)24-15-21-22(28-24)8-10-27-25(21)29/h7,9,11-15,17,28H,2-6,8,10H2,1H3,(H,27,29). The predicted octanol–water partition coefficient (Wildman–Crippen LogP) is 5.25. The van der Waals surface area contributed by atoms with Gasteiger partial charge in [-0.3, -0.25) is 9.78 Å². The number of rotatable bonds is 4. The molecule has 4 nitrogen and oxygen atoms in total. The quantitative estimate of drug-likeness (QED) is 0.644. The summed E-state index contributed by atoms with van der Waals surface area (Å²) in [5, 5.41) is 2.91. The van der Waals surface area contributed by atoms with Crippen molar-refractivity contribution < 1.29 is 4.79 Å². The molecule has 0 saturated heterocycles. The van der Waals surface area contributed by atoms with Crippen LogP contribution in [0.25, 0.3) is 22.5 Å². The first-order chi connectivity index (χ1) is 14.2. The molecule has 148 valence electrons. The Morgan fingerprint density at radius 2 is 1.93 bits per heavy atom. The molecule has 1 saturated carbocycles. The highest BCUT2D eigenvalue weighted by atomic mass is 16.1. The molecule has 2 aliphatic rings. The minimum atomic E-state index is 0.0138. The minimum Gasteiger partial charge on any atom is -0.358 e. The number of aryl methyl sites for hydroxylation is 1. The van der Waals surface area contributed by atoms with E-state index in [1.54, 1.807) is 0 Å². The molecule has 1 aromatic carbocycles. The van der Waals surface area contributed by atoms with E-state index in [1.807, 2.05) is 18.3 Å². The van der Waals surface area contributed by atoms with Crippen LogP contribution in [0.4, 0.5) is 0 Å². The third-order valence-electron chi connectivity index (χ3n) is 6.42. The lowest BCUT2D eigenvalue weighted by Crippen LogP contribution is -2.31. The molecule has 0 atom stereocenters. The number of aromatic amines is 1. The van der Waals surface area contributed by atoms with Gasteiger partial charge < -0.3 is 10.3 Å². The molecule has 5 rings (SSSR count). The summed E-state index contributed by atoms with van der Waals surface area (Å²) in [6.07, 6.45) is 9.04. The van der Waals surface area contributed by atoms with Gasteiger partial charge in [-0.05, 0) is 66.6 Å². The number of pyridine rings is 1. The van der Waals surface area contributed by atoms with Crippen molar-refractivity contribution in [2.45, 2.75) is 51.4 Å². The monoisotopic (exact) mass is 385 g/mol. The third kappa shape index (κ3) is 3.48. The summed E-state index contributed by atoms with van der Waals surface area (Å²) in [5.41, 5.74) is 8.88. The van der Waals surface area contributed by atoms with E-state index in [0.717, 1.165) is 41.1 Å². The molecule has 1 aliphatic carbocycles. The fourth-order valence-electron chi connectivity index (χ4n) is 4.77. The largest absolute Gasteiger partial charge is 0.358 e. The first-order valence-corrected chi connectivity index (χ1v) is 10.8. The lowest BCUT2D eigenvalue weighted by Gasteiger charge is -2.14. The van der Waals surface area contributed by atoms with Gasteiger partial charge in [0, 0.05) is 41.7 Å². The van der Waals surface area contributed by atoms with Gasteiger partial charge in [0.05, 0.1) is 11.3 Å². The van der Waals surface area contributed by atoms with Gasteiger partial charge in [0.15, 0.2) is 0 Å². The van der Waals surface area contributed by atoms with Crippen molar-refractivity contribution in [3.8, 4) is 22.5 Å². The van der Waals surface area contributed by atoms with Gasteiger partial charge >= 0.3 is 0 Å². The number of aromatic nitrogens is 2. The maximum absolute atomic E-state index is 12.1. The Morgan fingerprint density at radius 3 is 2.72 bits per heavy atom. The van der Waals surface area contributed by atoms with Gasteiger partial charge in [0.2, 0.25) is 0 Å². The van der Waals surface area contributed by atoms with Crippen LogP contribution in [0.15, 0.2) is 42.6 Å². The normalized spacial score (nSPS) is 16.7. The van der Waals surface area contributed by atoms with E-state index >= 15 is 0 Å². The van der Waals surface area contributed by atoms with Crippen molar-refractivity contribution in [2.75, 3.05) is 6.54 Å². The molecule has 4 heteroatoms. The summed E-state index contributed by atoms with van der Waals surface area (Å²) in [7, 11) is 0. The molecule has 3 aromatic rings. The molecular weight excluding hydrogens is 358 g/mol. The van der Waals surface area contributed by atoms with E-state index in [1.165, 1.54) is 42.4 Å². The van der Waals surface area contributed by atoms with Crippen LogP contribution in [-0.2, 0) is 12.8 Å². The van der Waals surface area contributed by atoms with Crippen LogP contribution in [0, 0.1) is 0 Å². The lowest BCUT2D eigenvalue weighted by atomic mass is 9.92. The Hall–Kier alpha value is -2.88. The fourth-order valence-corrected chi connectivity index (χ4v) is 4.77. The number of fused-ring (bicyclic) bond motifs is 1. The van der Waals surface area contributed by atoms with E-state index in [0.29, 0.717) is 12.5 Å². The van der Waals surface area contributed by atoms with E-state index in [9.17, 15) is 4.79 Å². The maximum atomic E-state index is 12.1. The highest BCUT2D eigenvalue weighted by Crippen LogP contribution is 2.37. The summed E-state index contributed by atoms with van der Waals surface area (Å²) in [6.45, 7) is 2.91. The van der Waals surface area contributed by atoms with Crippen LogP contribution in [0.5, 0.6) is 0 Å². The van der Waals surface area contributed by atoms with Crippen LogP contribution in [0.3, 0.4) is 0 Å². The third-order valence-corrected chi connectivity index (χ3v) is 6.42. The summed E-state index contributed by atoms with van der Waals surface area (Å²) in [4.78, 5) is 20.2. The molecule has 3 heterocycles. The van der Waals surface area contributed by atoms with Crippen molar-refractivity contribution in [2.24, 2.45) is 0 Å². The number of carbonyl (C=O) groups excluding carboxylic acids is 1. The molecule has 1 aliphatic heterocycles. The summed E-state index contributed by atoms with van der Waals surface area (Å²) in [5.74, 6) is 0.706. The Bertz CT molecular complexity index is 1060. The second-order valence-corrected chi connectivity index (χ2v) is 8.31. The fraction of sp³-hybridized carbons (Fsp3) is 0.360. The van der Waals surface area contributed by atoms with Gasteiger partial charge in [0.1, 0.15) is 0 Å². The Labute approximate surface area is 171 Å². The van der Waals surface area contributed by atoms with E-state index in [2.05, 4.69) is 46.5 Å². The van der Waals surface area contributed by atoms with Crippen molar-refractivity contribution in [1.29, 1.82) is 0 Å². The van der Waals surface area contributed by atoms with Gasteiger partial charge in [0.25, 0.3) is 5.91 Å². The number of benzene rings is 1. The zero-order chi connectivity index (χ0) is 19.8. The Kier molecular flexibility index (Phi) is 4.70. The lowest BCUT2D eigenvalue weighted by molar-refractivity contribution is 0.0946. The second-order valence-electron chi connectivity index (χ2n) is 8.31. The smallest absolute Gasteiger partial charge is 0.253 e. The SMILES string of the molecule is CCc1cc(-c2cc(-c3cc4c([nH]3)CCNC4=O)ccn2)cc(C2CCCC2)c1. The van der Waals surface area contributed by atoms with Crippen LogP contribution >= 0.6 is 0 Å². The van der Waals surface area contributed by atoms with Gasteiger partial charge in [-0.25, -0.2) is 0 Å². The van der Waals surface area contributed by atoms with Gasteiger partial charge in [-0.15, -0.1) is 0 Å². The van der Waals surface area contributed by atoms with Crippen molar-refractivity contribution in [3.63, 3.8) is 0 Å². The molecule has 0 bridgehead atoms. The summed E-state index contributed by atoms with van der Waals surface area (Å²) in [6, 6.07) is 13.1. The van der Waals surface area contributed by atoms with E-state index in [4.69, 9.17) is 0 Å². The predicted molar refractivity (Wildman–Crippen MR) is 116 cm³/mol. The minimum absolute atomic E-state index is 0.0138. The number of hydrogen-bond donors (Lipinski definition) is 2. The van der Waals surface area contributed by atoms with E-state index in [-0.39, 0.29) is 5.91 Å². The van der Waals surface area contributed by atoms with Crippen molar-refractivity contribution >= 4 is 5.91 Å². The summed E-state index contributed by atoms with van der Waals surface area (Å²) < 4.78 is 0. The molecule has 0 spiro atoms. The van der Waals surface area contributed by atoms with Gasteiger partial charge in [-0.1, -0.05) is 25.8 Å². The Balaban J connectivity index is 1.53. The molecule has 29 heavy (non-hydrogen) atoms. The molecule has 2 N–H and O–H groups in total. The average Bonchev–Trinajstić information content (AvgIpc) is 3.44. The second kappa shape index (κ2) is 7.51. The Morgan fingerprint density at radius 1 is 1.07 bits per heavy atom. The molecule has 2 aromatic heterocycles. The van der Waals surface area contributed by atoms with Crippen LogP contribution in [0.1, 0.15) is 65.7 Å². The first-order valence-electron chi connectivity index (χ1n) is 10.8. The molecular formula is C25H27N3O. The number of hydrogen-bond acceptors (Lipinski definition) is 2. The van der Waals surface area contributed by atoms with E-state index < -0.39 is 0 Å². The van der Waals surface area contributed by atoms with Gasteiger partial charge in [-0.2, -0.15) is 0 Å². The molecule has 1 fully saturated rings. The zero-order valence-corrected chi connectivity index (χ0v) is 16.9. The highest BCUT2D eigenvalue weighted by molar-refractivity contribution is 5.97. The van der Waals surface area contributed by atoms with Crippen LogP contribution in [0.2, 0.25) is 0 Å². The number of H-pyrrole nitrogens is 1. The van der Waals surface area contributed by atoms with Crippen LogP contribution < -0.4 is 5.32 Å². The van der Waals surface area contributed by atoms with Crippen LogP contribution in [-0.4, -0.2) is 22.4 Å². The number of nitrogens with zero attached hydrogens (tertiary/aromatic N) is 1. The molecule has 0 radical (unpaired) electrons. The number of carbonyl (C=O) groups is 1. The average molecular weight is 386 g/mol. The molecule has 0 unspecified atom stereocenters. The van der Waals surface area contributed by atoms with Crippen molar-refractivity contribution in [1.82, 2.24) is 15.3 Å². The number of amides is 1. The topological polar surface area (TPSA) is 57.8 Å². The first kappa shape index (κ1) is 18.2. The number of nitrogens with one attached hydrogen (secondary N) is 2.